The highest BCUT2D eigenvalue weighted by Gasteiger charge is 2.42. The summed E-state index contributed by atoms with van der Waals surface area (Å²) in [4.78, 5) is 12.8. The molecule has 4 nitrogen and oxygen atoms in total. The van der Waals surface area contributed by atoms with Gasteiger partial charge in [0.2, 0.25) is 0 Å². The van der Waals surface area contributed by atoms with Crippen LogP contribution in [0.5, 0.6) is 5.75 Å². The Balaban J connectivity index is 1.67. The molecule has 0 aromatic heterocycles. The molecular formula is C15H18ClNO3. The predicted octanol–water partition coefficient (Wildman–Crippen LogP) is 2.58. The zero-order valence-corrected chi connectivity index (χ0v) is 12.0. The zero-order valence-electron chi connectivity index (χ0n) is 11.3. The lowest BCUT2D eigenvalue weighted by molar-refractivity contribution is -0.137. The van der Waals surface area contributed by atoms with Crippen LogP contribution >= 0.6 is 11.6 Å². The van der Waals surface area contributed by atoms with Crippen LogP contribution in [0, 0.1) is 0 Å². The van der Waals surface area contributed by atoms with Gasteiger partial charge in [0.15, 0.2) is 0 Å². The molecule has 20 heavy (non-hydrogen) atoms. The lowest BCUT2D eigenvalue weighted by Gasteiger charge is -2.35. The Morgan fingerprint density at radius 2 is 2.30 bits per heavy atom. The van der Waals surface area contributed by atoms with Gasteiger partial charge in [-0.3, -0.25) is 9.69 Å². The molecule has 0 aliphatic carbocycles. The molecule has 0 amide bonds. The number of fused-ring (bicyclic) bond motifs is 1. The molecule has 3 rings (SSSR count). The van der Waals surface area contributed by atoms with E-state index in [-0.39, 0.29) is 12.0 Å². The summed E-state index contributed by atoms with van der Waals surface area (Å²) in [6.45, 7) is 2.34. The van der Waals surface area contributed by atoms with Crippen molar-refractivity contribution in [2.45, 2.75) is 31.3 Å². The van der Waals surface area contributed by atoms with Gasteiger partial charge in [0.1, 0.15) is 11.4 Å². The maximum Gasteiger partial charge on any atom is 0.304 e. The number of likely N-dealkylation sites (tertiary alicyclic amines) is 1. The first-order chi connectivity index (χ1) is 9.56. The number of aliphatic carboxylic acids is 1. The van der Waals surface area contributed by atoms with Crippen LogP contribution in [0.2, 0.25) is 5.02 Å². The highest BCUT2D eigenvalue weighted by molar-refractivity contribution is 6.30. The summed E-state index contributed by atoms with van der Waals surface area (Å²) in [5, 5.41) is 9.51. The van der Waals surface area contributed by atoms with Gasteiger partial charge in [-0.15, -0.1) is 0 Å². The number of benzene rings is 1. The summed E-state index contributed by atoms with van der Waals surface area (Å²) < 4.78 is 6.22. The SMILES string of the molecule is O=C(O)CCN1CCC2(CCc3cc(Cl)ccc3O2)C1. The third kappa shape index (κ3) is 2.76. The maximum atomic E-state index is 10.6. The fourth-order valence-corrected chi connectivity index (χ4v) is 3.34. The van der Waals surface area contributed by atoms with Crippen LogP contribution in [0.3, 0.4) is 0 Å². The maximum absolute atomic E-state index is 10.6. The number of aryl methyl sites for hydroxylation is 1. The lowest BCUT2D eigenvalue weighted by Crippen LogP contribution is -2.42. The van der Waals surface area contributed by atoms with E-state index in [1.54, 1.807) is 0 Å². The van der Waals surface area contributed by atoms with Crippen molar-refractivity contribution in [3.8, 4) is 5.75 Å². The summed E-state index contributed by atoms with van der Waals surface area (Å²) in [5.74, 6) is 0.191. The molecule has 0 saturated carbocycles. The minimum atomic E-state index is -0.740. The number of ether oxygens (including phenoxy) is 1. The largest absolute Gasteiger partial charge is 0.486 e. The molecule has 1 unspecified atom stereocenters. The number of halogens is 1. The third-order valence-electron chi connectivity index (χ3n) is 4.24. The topological polar surface area (TPSA) is 49.8 Å². The first-order valence-corrected chi connectivity index (χ1v) is 7.36. The van der Waals surface area contributed by atoms with Crippen LogP contribution < -0.4 is 4.74 Å². The van der Waals surface area contributed by atoms with Crippen LogP contribution in [0.1, 0.15) is 24.8 Å². The molecule has 1 aromatic rings. The molecule has 1 fully saturated rings. The van der Waals surface area contributed by atoms with E-state index in [1.807, 2.05) is 18.2 Å². The summed E-state index contributed by atoms with van der Waals surface area (Å²) >= 11 is 6.00. The quantitative estimate of drug-likeness (QED) is 0.931. The average molecular weight is 296 g/mol. The summed E-state index contributed by atoms with van der Waals surface area (Å²) in [6, 6.07) is 5.77. The highest BCUT2D eigenvalue weighted by Crippen LogP contribution is 2.39. The van der Waals surface area contributed by atoms with Crippen molar-refractivity contribution in [1.82, 2.24) is 4.90 Å². The third-order valence-corrected chi connectivity index (χ3v) is 4.47. The molecule has 0 radical (unpaired) electrons. The van der Waals surface area contributed by atoms with E-state index in [2.05, 4.69) is 4.90 Å². The van der Waals surface area contributed by atoms with Crippen molar-refractivity contribution in [3.05, 3.63) is 28.8 Å². The van der Waals surface area contributed by atoms with Gasteiger partial charge < -0.3 is 9.84 Å². The Hall–Kier alpha value is -1.26. The van der Waals surface area contributed by atoms with Gasteiger partial charge in [-0.2, -0.15) is 0 Å². The van der Waals surface area contributed by atoms with Crippen LogP contribution in [0.15, 0.2) is 18.2 Å². The van der Waals surface area contributed by atoms with Crippen molar-refractivity contribution >= 4 is 17.6 Å². The number of carboxylic acid groups (broad SMARTS) is 1. The van der Waals surface area contributed by atoms with Gasteiger partial charge in [0.25, 0.3) is 0 Å². The van der Waals surface area contributed by atoms with Gasteiger partial charge in [0.05, 0.1) is 6.42 Å². The van der Waals surface area contributed by atoms with E-state index >= 15 is 0 Å². The van der Waals surface area contributed by atoms with E-state index in [0.717, 1.165) is 43.1 Å². The van der Waals surface area contributed by atoms with Crippen LogP contribution in [0.25, 0.3) is 0 Å². The van der Waals surface area contributed by atoms with Crippen molar-refractivity contribution in [1.29, 1.82) is 0 Å². The molecule has 2 heterocycles. The summed E-state index contributed by atoms with van der Waals surface area (Å²) in [7, 11) is 0. The van der Waals surface area contributed by atoms with E-state index in [9.17, 15) is 4.79 Å². The second-order valence-corrected chi connectivity index (χ2v) is 6.14. The van der Waals surface area contributed by atoms with Gasteiger partial charge in [-0.05, 0) is 36.6 Å². The van der Waals surface area contributed by atoms with E-state index < -0.39 is 5.97 Å². The molecule has 1 N–H and O–H groups in total. The molecule has 2 aliphatic rings. The smallest absolute Gasteiger partial charge is 0.304 e. The Bertz CT molecular complexity index is 534. The lowest BCUT2D eigenvalue weighted by atomic mass is 9.90. The molecular weight excluding hydrogens is 278 g/mol. The normalized spacial score (nSPS) is 25.4. The summed E-state index contributed by atoms with van der Waals surface area (Å²) in [5.41, 5.74) is 1.03. The molecule has 1 saturated heterocycles. The van der Waals surface area contributed by atoms with Crippen molar-refractivity contribution in [2.75, 3.05) is 19.6 Å². The molecule has 5 heteroatoms. The van der Waals surface area contributed by atoms with Gasteiger partial charge >= 0.3 is 5.97 Å². The zero-order chi connectivity index (χ0) is 14.2. The number of nitrogens with zero attached hydrogens (tertiary/aromatic N) is 1. The number of carboxylic acids is 1. The van der Waals surface area contributed by atoms with Crippen molar-refractivity contribution in [2.24, 2.45) is 0 Å². The molecule has 1 atom stereocenters. The monoisotopic (exact) mass is 295 g/mol. The molecule has 1 spiro atoms. The second kappa shape index (κ2) is 5.26. The molecule has 2 aliphatic heterocycles. The number of hydrogen-bond acceptors (Lipinski definition) is 3. The van der Waals surface area contributed by atoms with Crippen LogP contribution in [0.4, 0.5) is 0 Å². The number of rotatable bonds is 3. The first-order valence-electron chi connectivity index (χ1n) is 6.98. The Kier molecular flexibility index (Phi) is 3.61. The highest BCUT2D eigenvalue weighted by atomic mass is 35.5. The number of carbonyl (C=O) groups is 1. The van der Waals surface area contributed by atoms with Crippen LogP contribution in [-0.2, 0) is 11.2 Å². The Labute approximate surface area is 123 Å². The first kappa shape index (κ1) is 13.7. The van der Waals surface area contributed by atoms with E-state index in [4.69, 9.17) is 21.4 Å². The average Bonchev–Trinajstić information content (AvgIpc) is 2.80. The standard InChI is InChI=1S/C15H18ClNO3/c16-12-1-2-13-11(9-12)3-5-15(20-13)6-8-17(10-15)7-4-14(18)19/h1-2,9H,3-8,10H2,(H,18,19). The van der Waals surface area contributed by atoms with Crippen molar-refractivity contribution < 1.29 is 14.6 Å². The fraction of sp³-hybridized carbons (Fsp3) is 0.533. The van der Waals surface area contributed by atoms with Gasteiger partial charge in [0, 0.05) is 31.1 Å². The Morgan fingerprint density at radius 3 is 3.10 bits per heavy atom. The van der Waals surface area contributed by atoms with Gasteiger partial charge in [-0.1, -0.05) is 11.6 Å². The predicted molar refractivity (Wildman–Crippen MR) is 76.4 cm³/mol. The minimum Gasteiger partial charge on any atom is -0.486 e. The fourth-order valence-electron chi connectivity index (χ4n) is 3.15. The number of hydrogen-bond donors (Lipinski definition) is 1. The van der Waals surface area contributed by atoms with Gasteiger partial charge in [-0.25, -0.2) is 0 Å². The van der Waals surface area contributed by atoms with Crippen LogP contribution in [-0.4, -0.2) is 41.2 Å². The van der Waals surface area contributed by atoms with Crippen molar-refractivity contribution in [3.63, 3.8) is 0 Å². The molecule has 108 valence electrons. The van der Waals surface area contributed by atoms with E-state index in [0.29, 0.717) is 6.54 Å². The second-order valence-electron chi connectivity index (χ2n) is 5.71. The molecule has 0 bridgehead atoms. The summed E-state index contributed by atoms with van der Waals surface area (Å²) in [6.07, 6.45) is 3.11. The Morgan fingerprint density at radius 1 is 1.45 bits per heavy atom. The molecule has 1 aromatic carbocycles. The van der Waals surface area contributed by atoms with E-state index in [1.165, 1.54) is 5.56 Å². The minimum absolute atomic E-state index is 0.140.